The first-order chi connectivity index (χ1) is 11.0. The van der Waals surface area contributed by atoms with Crippen molar-refractivity contribution in [1.29, 1.82) is 0 Å². The van der Waals surface area contributed by atoms with Crippen LogP contribution in [0.15, 0.2) is 6.07 Å². The van der Waals surface area contributed by atoms with Crippen molar-refractivity contribution >= 4 is 16.5 Å². The molecule has 2 aromatic rings. The van der Waals surface area contributed by atoms with Crippen molar-refractivity contribution in [2.45, 2.75) is 33.4 Å². The number of alkyl halides is 1. The number of anilines is 1. The molecule has 9 heteroatoms. The summed E-state index contributed by atoms with van der Waals surface area (Å²) in [6, 6.07) is 1.07. The van der Waals surface area contributed by atoms with Gasteiger partial charge in [-0.1, -0.05) is 20.3 Å². The number of ether oxygens (including phenoxy) is 1. The van der Waals surface area contributed by atoms with Crippen LogP contribution in [0.25, 0.3) is 10.8 Å². The lowest BCUT2D eigenvalue weighted by Crippen LogP contribution is -2.30. The van der Waals surface area contributed by atoms with Crippen molar-refractivity contribution in [3.8, 4) is 11.5 Å². The van der Waals surface area contributed by atoms with E-state index in [2.05, 4.69) is 18.6 Å². The molecule has 0 fully saturated rings. The van der Waals surface area contributed by atoms with Gasteiger partial charge in [0.2, 0.25) is 5.82 Å². The molecule has 0 radical (unpaired) electrons. The molecule has 5 N–H and O–H groups in total. The molecule has 24 heavy (non-hydrogen) atoms. The second-order valence-electron chi connectivity index (χ2n) is 4.99. The monoisotopic (exact) mass is 351 g/mol. The number of rotatable bonds is 2. The fourth-order valence-corrected chi connectivity index (χ4v) is 1.98. The minimum atomic E-state index is -4.33. The first kappa shape index (κ1) is 19.8. The smallest absolute Gasteiger partial charge is 0.492 e. The summed E-state index contributed by atoms with van der Waals surface area (Å²) in [7, 11) is 0. The third-order valence-electron chi connectivity index (χ3n) is 2.79. The molecule has 0 saturated heterocycles. The van der Waals surface area contributed by atoms with Gasteiger partial charge in [-0.2, -0.15) is 4.39 Å². The first-order valence-electron chi connectivity index (χ1n) is 6.87. The highest BCUT2D eigenvalue weighted by molar-refractivity contribution is 5.99. The van der Waals surface area contributed by atoms with E-state index in [9.17, 15) is 22.7 Å². The summed E-state index contributed by atoms with van der Waals surface area (Å²) in [6.45, 7) is 5.51. The van der Waals surface area contributed by atoms with E-state index < -0.39 is 46.0 Å². The lowest BCUT2D eigenvalue weighted by Gasteiger charge is -2.18. The number of phenols is 1. The van der Waals surface area contributed by atoms with Crippen LogP contribution in [0.1, 0.15) is 25.8 Å². The molecule has 0 aliphatic rings. The summed E-state index contributed by atoms with van der Waals surface area (Å²) >= 11 is 0. The molecular formula is C15H17F4NO4. The van der Waals surface area contributed by atoms with Gasteiger partial charge in [-0.25, -0.2) is 8.78 Å². The van der Waals surface area contributed by atoms with Crippen LogP contribution >= 0.6 is 0 Å². The van der Waals surface area contributed by atoms with Gasteiger partial charge in [-0.15, -0.1) is 4.39 Å². The second kappa shape index (κ2) is 7.10. The molecule has 0 aliphatic carbocycles. The van der Waals surface area contributed by atoms with Crippen molar-refractivity contribution in [3.05, 3.63) is 29.1 Å². The van der Waals surface area contributed by atoms with E-state index in [-0.39, 0.29) is 11.3 Å². The Kier molecular flexibility index (Phi) is 5.85. The van der Waals surface area contributed by atoms with E-state index in [1.165, 1.54) is 13.3 Å². The van der Waals surface area contributed by atoms with E-state index in [0.29, 0.717) is 0 Å². The molecule has 0 saturated carbocycles. The zero-order valence-corrected chi connectivity index (χ0v) is 13.1. The molecule has 0 amide bonds. The number of hydrogen-bond donors (Lipinski definition) is 4. The number of nitrogen functional groups attached to an aromatic ring is 1. The van der Waals surface area contributed by atoms with Gasteiger partial charge in [0, 0.05) is 5.39 Å². The molecule has 0 bridgehead atoms. The Morgan fingerprint density at radius 2 is 1.58 bits per heavy atom. The number of phenolic OH excluding ortho intramolecular Hbond substituents is 1. The minimum Gasteiger partial charge on any atom is -0.505 e. The maximum absolute atomic E-state index is 13.8. The molecule has 2 aromatic carbocycles. The van der Waals surface area contributed by atoms with E-state index in [0.717, 1.165) is 6.07 Å². The van der Waals surface area contributed by atoms with E-state index in [4.69, 9.17) is 15.9 Å². The summed E-state index contributed by atoms with van der Waals surface area (Å²) < 4.78 is 57.6. The number of aryl methyl sites for hydroxylation is 1. The molecule has 0 aromatic heterocycles. The van der Waals surface area contributed by atoms with Gasteiger partial charge >= 0.3 is 6.23 Å². The SMILES string of the molecule is CCC.Cc1cc(N)c(O)c2c(F)c(F)c(F)c(OC(O)(O)F)c12. The van der Waals surface area contributed by atoms with Gasteiger partial charge in [0.25, 0.3) is 0 Å². The zero-order chi connectivity index (χ0) is 18.8. The molecular weight excluding hydrogens is 334 g/mol. The Bertz CT molecular complexity index is 760. The van der Waals surface area contributed by atoms with Crippen LogP contribution in [-0.4, -0.2) is 21.5 Å². The Hall–Kier alpha value is -2.26. The number of nitrogens with two attached hydrogens (primary N) is 1. The summed E-state index contributed by atoms with van der Waals surface area (Å²) in [4.78, 5) is 0. The van der Waals surface area contributed by atoms with Crippen LogP contribution in [-0.2, 0) is 0 Å². The predicted octanol–water partition coefficient (Wildman–Crippen LogP) is 3.21. The van der Waals surface area contributed by atoms with E-state index in [1.54, 1.807) is 0 Å². The molecule has 0 unspecified atom stereocenters. The number of aromatic hydroxyl groups is 1. The number of hydrogen-bond acceptors (Lipinski definition) is 5. The van der Waals surface area contributed by atoms with Crippen molar-refractivity contribution in [3.63, 3.8) is 0 Å². The number of fused-ring (bicyclic) bond motifs is 1. The van der Waals surface area contributed by atoms with Gasteiger partial charge in [0.1, 0.15) is 5.75 Å². The van der Waals surface area contributed by atoms with Crippen LogP contribution in [0.3, 0.4) is 0 Å². The Morgan fingerprint density at radius 1 is 1.08 bits per heavy atom. The van der Waals surface area contributed by atoms with Crippen molar-refractivity contribution in [1.82, 2.24) is 0 Å². The molecule has 134 valence electrons. The average molecular weight is 351 g/mol. The molecule has 0 heterocycles. The number of benzene rings is 2. The largest absolute Gasteiger partial charge is 0.505 e. The van der Waals surface area contributed by atoms with Crippen LogP contribution in [0.2, 0.25) is 0 Å². The first-order valence-corrected chi connectivity index (χ1v) is 6.87. The molecule has 0 spiro atoms. The second-order valence-corrected chi connectivity index (χ2v) is 4.99. The van der Waals surface area contributed by atoms with Gasteiger partial charge in [-0.3, -0.25) is 0 Å². The van der Waals surface area contributed by atoms with Gasteiger partial charge in [0.05, 0.1) is 11.1 Å². The Morgan fingerprint density at radius 3 is 2.04 bits per heavy atom. The van der Waals surface area contributed by atoms with Crippen LogP contribution in [0, 0.1) is 24.4 Å². The Balaban J connectivity index is 0.000000891. The summed E-state index contributed by atoms with van der Waals surface area (Å²) in [5, 5.41) is 25.3. The Labute approximate surface area is 134 Å². The standard InChI is InChI=1S/C12H9F4NO4.C3H8/c1-3-2-4(17)10(18)6-5(3)11(21-12(16,19)20)9(15)8(14)7(6)13;1-3-2/h2,18-20H,17H2,1H3;3H2,1-2H3. The minimum absolute atomic E-state index is 0.0163. The van der Waals surface area contributed by atoms with Crippen LogP contribution in [0.5, 0.6) is 11.5 Å². The van der Waals surface area contributed by atoms with Gasteiger partial charge in [-0.05, 0) is 18.6 Å². The third-order valence-corrected chi connectivity index (χ3v) is 2.79. The van der Waals surface area contributed by atoms with Gasteiger partial charge < -0.3 is 25.8 Å². The summed E-state index contributed by atoms with van der Waals surface area (Å²) in [6.07, 6.45) is -3.08. The average Bonchev–Trinajstić information content (AvgIpc) is 2.45. The maximum Gasteiger partial charge on any atom is 0.492 e. The van der Waals surface area contributed by atoms with Gasteiger partial charge in [0.15, 0.2) is 17.4 Å². The zero-order valence-electron chi connectivity index (χ0n) is 13.1. The topological polar surface area (TPSA) is 95.9 Å². The summed E-state index contributed by atoms with van der Waals surface area (Å²) in [5.74, 6) is -8.09. The van der Waals surface area contributed by atoms with E-state index in [1.807, 2.05) is 0 Å². The molecule has 2 rings (SSSR count). The van der Waals surface area contributed by atoms with Crippen LogP contribution < -0.4 is 10.5 Å². The van der Waals surface area contributed by atoms with Crippen molar-refractivity contribution in [2.75, 3.05) is 5.73 Å². The van der Waals surface area contributed by atoms with Crippen molar-refractivity contribution < 1.29 is 37.6 Å². The highest BCUT2D eigenvalue weighted by Gasteiger charge is 2.32. The normalized spacial score (nSPS) is 11.2. The van der Waals surface area contributed by atoms with Crippen LogP contribution in [0.4, 0.5) is 23.2 Å². The highest BCUT2D eigenvalue weighted by atomic mass is 19.2. The highest BCUT2D eigenvalue weighted by Crippen LogP contribution is 2.43. The molecule has 0 atom stereocenters. The van der Waals surface area contributed by atoms with Crippen molar-refractivity contribution in [2.24, 2.45) is 0 Å². The fourth-order valence-electron chi connectivity index (χ4n) is 1.98. The number of halogens is 4. The van der Waals surface area contributed by atoms with E-state index >= 15 is 0 Å². The molecule has 0 aliphatic heterocycles. The quantitative estimate of drug-likeness (QED) is 0.219. The fraction of sp³-hybridized carbons (Fsp3) is 0.333. The lowest BCUT2D eigenvalue weighted by molar-refractivity contribution is -0.375. The predicted molar refractivity (Wildman–Crippen MR) is 79.5 cm³/mol. The number of aliphatic hydroxyl groups is 2. The third kappa shape index (κ3) is 3.80. The lowest BCUT2D eigenvalue weighted by atomic mass is 10.0. The molecule has 5 nitrogen and oxygen atoms in total. The summed E-state index contributed by atoms with van der Waals surface area (Å²) in [5.41, 5.74) is 5.02. The maximum atomic E-state index is 13.8.